The molecular formula is C11H12FN3O4. The summed E-state index contributed by atoms with van der Waals surface area (Å²) in [4.78, 5) is 32.9. The molecule has 8 heteroatoms. The number of carbonyl (C=O) groups excluding carboxylic acids is 2. The van der Waals surface area contributed by atoms with E-state index in [0.29, 0.717) is 0 Å². The number of anilines is 1. The number of primary amides is 1. The van der Waals surface area contributed by atoms with Gasteiger partial charge in [-0.2, -0.15) is 0 Å². The predicted octanol–water partition coefficient (Wildman–Crippen LogP) is 0.276. The third kappa shape index (κ3) is 5.02. The zero-order chi connectivity index (χ0) is 14.4. The number of hydrogen-bond acceptors (Lipinski definition) is 3. The van der Waals surface area contributed by atoms with Crippen molar-refractivity contribution < 1.29 is 23.9 Å². The third-order valence-corrected chi connectivity index (χ3v) is 2.09. The number of hydrogen-bond donors (Lipinski definition) is 4. The molecule has 1 aromatic carbocycles. The van der Waals surface area contributed by atoms with Crippen molar-refractivity contribution in [3.05, 3.63) is 30.1 Å². The topological polar surface area (TPSA) is 122 Å². The van der Waals surface area contributed by atoms with E-state index in [-0.39, 0.29) is 5.69 Å². The quantitative estimate of drug-likeness (QED) is 0.613. The van der Waals surface area contributed by atoms with Gasteiger partial charge in [0.1, 0.15) is 11.9 Å². The number of carboxylic acids is 1. The lowest BCUT2D eigenvalue weighted by molar-refractivity contribution is -0.140. The van der Waals surface area contributed by atoms with Gasteiger partial charge in [-0.3, -0.25) is 4.79 Å². The highest BCUT2D eigenvalue weighted by Gasteiger charge is 2.22. The van der Waals surface area contributed by atoms with Gasteiger partial charge in [0.05, 0.1) is 6.42 Å². The number of carboxylic acid groups (broad SMARTS) is 1. The summed E-state index contributed by atoms with van der Waals surface area (Å²) in [5.41, 5.74) is 5.01. The number of nitrogens with one attached hydrogen (secondary N) is 2. The Kier molecular flexibility index (Phi) is 4.81. The van der Waals surface area contributed by atoms with Crippen molar-refractivity contribution in [2.45, 2.75) is 12.5 Å². The maximum Gasteiger partial charge on any atom is 0.326 e. The normalized spacial score (nSPS) is 11.4. The van der Waals surface area contributed by atoms with Gasteiger partial charge >= 0.3 is 12.0 Å². The Balaban J connectivity index is 2.62. The highest BCUT2D eigenvalue weighted by atomic mass is 19.1. The van der Waals surface area contributed by atoms with Crippen LogP contribution < -0.4 is 16.4 Å². The predicted molar refractivity (Wildman–Crippen MR) is 63.8 cm³/mol. The summed E-state index contributed by atoms with van der Waals surface area (Å²) < 4.78 is 12.9. The van der Waals surface area contributed by atoms with Crippen LogP contribution in [-0.4, -0.2) is 29.1 Å². The summed E-state index contributed by atoms with van der Waals surface area (Å²) in [6.07, 6.45) is -0.536. The van der Waals surface area contributed by atoms with E-state index in [1.807, 2.05) is 5.32 Å². The van der Waals surface area contributed by atoms with E-state index in [4.69, 9.17) is 10.8 Å². The van der Waals surface area contributed by atoms with Crippen molar-refractivity contribution in [1.29, 1.82) is 0 Å². The monoisotopic (exact) mass is 269 g/mol. The van der Waals surface area contributed by atoms with E-state index in [1.165, 1.54) is 18.2 Å². The molecule has 5 N–H and O–H groups in total. The SMILES string of the molecule is NC(=O)C[C@H](NC(=O)Nc1cccc(F)c1)C(=O)O. The molecule has 0 aliphatic rings. The number of halogens is 1. The van der Waals surface area contributed by atoms with E-state index in [2.05, 4.69) is 5.32 Å². The molecule has 0 fully saturated rings. The Morgan fingerprint density at radius 2 is 2.05 bits per heavy atom. The van der Waals surface area contributed by atoms with Gasteiger partial charge in [0.25, 0.3) is 0 Å². The van der Waals surface area contributed by atoms with E-state index in [0.717, 1.165) is 6.07 Å². The molecule has 1 rings (SSSR count). The summed E-state index contributed by atoms with van der Waals surface area (Å²) in [7, 11) is 0. The lowest BCUT2D eigenvalue weighted by Crippen LogP contribution is -2.45. The molecule has 102 valence electrons. The van der Waals surface area contributed by atoms with Crippen LogP contribution in [0.3, 0.4) is 0 Å². The van der Waals surface area contributed by atoms with Gasteiger partial charge < -0.3 is 21.5 Å². The first-order valence-electron chi connectivity index (χ1n) is 5.22. The molecule has 0 aliphatic heterocycles. The summed E-state index contributed by atoms with van der Waals surface area (Å²) in [5.74, 6) is -2.81. The molecule has 0 saturated heterocycles. The zero-order valence-electron chi connectivity index (χ0n) is 9.72. The van der Waals surface area contributed by atoms with Crippen LogP contribution in [0.25, 0.3) is 0 Å². The average Bonchev–Trinajstić information content (AvgIpc) is 2.27. The van der Waals surface area contributed by atoms with Crippen LogP contribution in [0.2, 0.25) is 0 Å². The van der Waals surface area contributed by atoms with Crippen LogP contribution in [-0.2, 0) is 9.59 Å². The number of carbonyl (C=O) groups is 3. The van der Waals surface area contributed by atoms with Gasteiger partial charge in [0.2, 0.25) is 5.91 Å². The van der Waals surface area contributed by atoms with Crippen LogP contribution in [0, 0.1) is 5.82 Å². The second kappa shape index (κ2) is 6.34. The van der Waals surface area contributed by atoms with Gasteiger partial charge in [-0.15, -0.1) is 0 Å². The van der Waals surface area contributed by atoms with E-state index >= 15 is 0 Å². The molecular weight excluding hydrogens is 257 g/mol. The number of rotatable bonds is 5. The fraction of sp³-hybridized carbons (Fsp3) is 0.182. The minimum absolute atomic E-state index is 0.153. The van der Waals surface area contributed by atoms with E-state index < -0.39 is 36.2 Å². The Hall–Kier alpha value is -2.64. The van der Waals surface area contributed by atoms with Crippen molar-refractivity contribution in [3.8, 4) is 0 Å². The molecule has 19 heavy (non-hydrogen) atoms. The van der Waals surface area contributed by atoms with Crippen molar-refractivity contribution >= 4 is 23.6 Å². The van der Waals surface area contributed by atoms with Gasteiger partial charge in [0.15, 0.2) is 0 Å². The Bertz CT molecular complexity index is 506. The molecule has 0 aliphatic carbocycles. The van der Waals surface area contributed by atoms with Crippen LogP contribution in [0.5, 0.6) is 0 Å². The maximum atomic E-state index is 12.9. The molecule has 0 spiro atoms. The number of nitrogens with two attached hydrogens (primary N) is 1. The highest BCUT2D eigenvalue weighted by molar-refractivity contribution is 5.93. The first kappa shape index (κ1) is 14.4. The minimum Gasteiger partial charge on any atom is -0.480 e. The summed E-state index contributed by atoms with van der Waals surface area (Å²) in [6, 6.07) is 2.74. The first-order valence-corrected chi connectivity index (χ1v) is 5.22. The minimum atomic E-state index is -1.44. The Morgan fingerprint density at radius 3 is 2.58 bits per heavy atom. The summed E-state index contributed by atoms with van der Waals surface area (Å²) >= 11 is 0. The van der Waals surface area contributed by atoms with Gasteiger partial charge in [-0.1, -0.05) is 6.07 Å². The van der Waals surface area contributed by atoms with Crippen molar-refractivity contribution in [2.24, 2.45) is 5.73 Å². The number of amides is 3. The number of aliphatic carboxylic acids is 1. The highest BCUT2D eigenvalue weighted by Crippen LogP contribution is 2.08. The maximum absolute atomic E-state index is 12.9. The van der Waals surface area contributed by atoms with E-state index in [1.54, 1.807) is 0 Å². The molecule has 0 aromatic heterocycles. The number of urea groups is 1. The Labute approximate surface area is 107 Å². The standard InChI is InChI=1S/C11H12FN3O4/c12-6-2-1-3-7(4-6)14-11(19)15-8(10(17)18)5-9(13)16/h1-4,8H,5H2,(H2,13,16)(H,17,18)(H2,14,15,19)/t8-/m0/s1. The first-order chi connectivity index (χ1) is 8.88. The van der Waals surface area contributed by atoms with Gasteiger partial charge in [-0.25, -0.2) is 14.0 Å². The van der Waals surface area contributed by atoms with Crippen LogP contribution in [0.1, 0.15) is 6.42 Å². The fourth-order valence-corrected chi connectivity index (χ4v) is 1.29. The summed E-state index contributed by atoms with van der Waals surface area (Å²) in [5, 5.41) is 13.0. The molecule has 1 atom stereocenters. The molecule has 0 unspecified atom stereocenters. The lowest BCUT2D eigenvalue weighted by atomic mass is 10.2. The van der Waals surface area contributed by atoms with Crippen LogP contribution in [0.4, 0.5) is 14.9 Å². The molecule has 0 heterocycles. The van der Waals surface area contributed by atoms with Crippen molar-refractivity contribution in [2.75, 3.05) is 5.32 Å². The van der Waals surface area contributed by atoms with E-state index in [9.17, 15) is 18.8 Å². The molecule has 7 nitrogen and oxygen atoms in total. The molecule has 3 amide bonds. The lowest BCUT2D eigenvalue weighted by Gasteiger charge is -2.13. The van der Waals surface area contributed by atoms with Crippen LogP contribution >= 0.6 is 0 Å². The molecule has 0 radical (unpaired) electrons. The second-order valence-corrected chi connectivity index (χ2v) is 3.67. The van der Waals surface area contributed by atoms with Crippen molar-refractivity contribution in [3.63, 3.8) is 0 Å². The third-order valence-electron chi connectivity index (χ3n) is 2.09. The summed E-state index contributed by atoms with van der Waals surface area (Å²) in [6.45, 7) is 0. The molecule has 1 aromatic rings. The average molecular weight is 269 g/mol. The molecule has 0 bridgehead atoms. The van der Waals surface area contributed by atoms with Crippen LogP contribution in [0.15, 0.2) is 24.3 Å². The fourth-order valence-electron chi connectivity index (χ4n) is 1.29. The second-order valence-electron chi connectivity index (χ2n) is 3.67. The largest absolute Gasteiger partial charge is 0.480 e. The smallest absolute Gasteiger partial charge is 0.326 e. The van der Waals surface area contributed by atoms with Gasteiger partial charge in [0, 0.05) is 5.69 Å². The Morgan fingerprint density at radius 1 is 1.37 bits per heavy atom. The zero-order valence-corrected chi connectivity index (χ0v) is 9.72. The molecule has 0 saturated carbocycles. The number of benzene rings is 1. The van der Waals surface area contributed by atoms with Crippen molar-refractivity contribution in [1.82, 2.24) is 5.32 Å². The van der Waals surface area contributed by atoms with Gasteiger partial charge in [-0.05, 0) is 18.2 Å².